The summed E-state index contributed by atoms with van der Waals surface area (Å²) in [7, 11) is 1.71. The van der Waals surface area contributed by atoms with Gasteiger partial charge in [0.05, 0.1) is 11.3 Å². The highest BCUT2D eigenvalue weighted by Crippen LogP contribution is 2.31. The Balaban J connectivity index is 1.80. The number of carbonyl (C=O) groups is 1. The third-order valence-corrected chi connectivity index (χ3v) is 4.37. The number of anilines is 2. The molecule has 2 N–H and O–H groups in total. The van der Waals surface area contributed by atoms with Crippen LogP contribution in [0.1, 0.15) is 15.2 Å². The van der Waals surface area contributed by atoms with Crippen LogP contribution in [-0.4, -0.2) is 27.9 Å². The van der Waals surface area contributed by atoms with E-state index in [1.165, 1.54) is 23.7 Å². The number of amides is 1. The van der Waals surface area contributed by atoms with Crippen molar-refractivity contribution in [2.24, 2.45) is 0 Å². The zero-order chi connectivity index (χ0) is 17.1. The Morgan fingerprint density at radius 3 is 2.67 bits per heavy atom. The summed E-state index contributed by atoms with van der Waals surface area (Å²) in [5.74, 6) is 0.156. The Hall–Kier alpha value is -2.51. The smallest absolute Gasteiger partial charge is 0.260 e. The van der Waals surface area contributed by atoms with Crippen LogP contribution in [-0.2, 0) is 0 Å². The van der Waals surface area contributed by atoms with Crippen molar-refractivity contribution in [2.75, 3.05) is 17.7 Å². The molecule has 24 heavy (non-hydrogen) atoms. The van der Waals surface area contributed by atoms with Crippen LogP contribution in [0.15, 0.2) is 36.7 Å². The first-order valence-electron chi connectivity index (χ1n) is 7.11. The number of halogens is 1. The number of carbonyl (C=O) groups excluding carboxylic acids is 1. The molecular formula is C16H14ClN5OS. The molecule has 0 aliphatic carbocycles. The highest BCUT2D eigenvalue weighted by molar-refractivity contribution is 7.16. The van der Waals surface area contributed by atoms with Crippen LogP contribution in [0.2, 0.25) is 5.02 Å². The molecule has 0 radical (unpaired) electrons. The second-order valence-electron chi connectivity index (χ2n) is 4.93. The lowest BCUT2D eigenvalue weighted by Gasteiger charge is -2.02. The molecule has 8 heteroatoms. The van der Waals surface area contributed by atoms with Gasteiger partial charge in [0.2, 0.25) is 5.95 Å². The first-order chi connectivity index (χ1) is 11.6. The van der Waals surface area contributed by atoms with Gasteiger partial charge in [-0.15, -0.1) is 11.3 Å². The molecule has 122 valence electrons. The summed E-state index contributed by atoms with van der Waals surface area (Å²) in [5.41, 5.74) is 2.09. The number of nitrogens with zero attached hydrogens (tertiary/aromatic N) is 3. The van der Waals surface area contributed by atoms with Crippen LogP contribution in [0, 0.1) is 6.92 Å². The highest BCUT2D eigenvalue weighted by atomic mass is 35.5. The van der Waals surface area contributed by atoms with E-state index in [9.17, 15) is 4.79 Å². The molecule has 0 aliphatic rings. The number of aromatic nitrogens is 3. The Bertz CT molecular complexity index is 878. The number of hydrogen-bond acceptors (Lipinski definition) is 6. The largest absolute Gasteiger partial charge is 0.357 e. The Labute approximate surface area is 148 Å². The molecule has 6 nitrogen and oxygen atoms in total. The predicted molar refractivity (Wildman–Crippen MR) is 96.8 cm³/mol. The van der Waals surface area contributed by atoms with Crippen LogP contribution in [0.25, 0.3) is 11.3 Å². The van der Waals surface area contributed by atoms with Crippen molar-refractivity contribution < 1.29 is 4.79 Å². The van der Waals surface area contributed by atoms with E-state index in [0.717, 1.165) is 16.1 Å². The molecule has 1 aromatic carbocycles. The molecule has 0 aliphatic heterocycles. The van der Waals surface area contributed by atoms with Gasteiger partial charge in [-0.25, -0.2) is 15.0 Å². The van der Waals surface area contributed by atoms with Gasteiger partial charge in [-0.2, -0.15) is 0 Å². The van der Waals surface area contributed by atoms with E-state index in [2.05, 4.69) is 25.6 Å². The average molecular weight is 360 g/mol. The van der Waals surface area contributed by atoms with Crippen molar-refractivity contribution in [1.29, 1.82) is 0 Å². The fourth-order valence-electron chi connectivity index (χ4n) is 2.10. The quantitative estimate of drug-likeness (QED) is 0.739. The van der Waals surface area contributed by atoms with Crippen LogP contribution in [0.5, 0.6) is 0 Å². The van der Waals surface area contributed by atoms with Crippen molar-refractivity contribution in [3.63, 3.8) is 0 Å². The van der Waals surface area contributed by atoms with Crippen molar-refractivity contribution >= 4 is 39.9 Å². The van der Waals surface area contributed by atoms with Gasteiger partial charge in [-0.1, -0.05) is 23.7 Å². The second kappa shape index (κ2) is 6.94. The standard InChI is InChI=1S/C16H14ClN5OS/c1-9-13(10-4-3-5-12(17)6-10)21-16(24-9)22-14(23)11-7-19-15(18-2)20-8-11/h3-8H,1-2H3,(H,18,19,20)(H,21,22,23). The van der Waals surface area contributed by atoms with E-state index in [-0.39, 0.29) is 5.91 Å². The highest BCUT2D eigenvalue weighted by Gasteiger charge is 2.14. The third kappa shape index (κ3) is 3.52. The third-order valence-electron chi connectivity index (χ3n) is 3.25. The number of benzene rings is 1. The van der Waals surface area contributed by atoms with Gasteiger partial charge < -0.3 is 5.32 Å². The maximum absolute atomic E-state index is 12.3. The number of thiazole rings is 1. The minimum absolute atomic E-state index is 0.302. The number of nitrogens with one attached hydrogen (secondary N) is 2. The van der Waals surface area contributed by atoms with E-state index < -0.39 is 0 Å². The average Bonchev–Trinajstić information content (AvgIpc) is 2.95. The monoisotopic (exact) mass is 359 g/mol. The van der Waals surface area contributed by atoms with Gasteiger partial charge in [-0.05, 0) is 19.1 Å². The lowest BCUT2D eigenvalue weighted by atomic mass is 10.1. The topological polar surface area (TPSA) is 79.8 Å². The van der Waals surface area contributed by atoms with Crippen molar-refractivity contribution in [2.45, 2.75) is 6.92 Å². The summed E-state index contributed by atoms with van der Waals surface area (Å²) in [6.45, 7) is 1.95. The van der Waals surface area contributed by atoms with Gasteiger partial charge in [0.1, 0.15) is 0 Å². The second-order valence-corrected chi connectivity index (χ2v) is 6.57. The SMILES string of the molecule is CNc1ncc(C(=O)Nc2nc(-c3cccc(Cl)c3)c(C)s2)cn1. The number of aryl methyl sites for hydroxylation is 1. The molecular weight excluding hydrogens is 346 g/mol. The Kier molecular flexibility index (Phi) is 4.73. The van der Waals surface area contributed by atoms with Gasteiger partial charge in [0, 0.05) is 34.9 Å². The fourth-order valence-corrected chi connectivity index (χ4v) is 3.12. The molecule has 3 rings (SSSR count). The molecule has 0 bridgehead atoms. The van der Waals surface area contributed by atoms with Gasteiger partial charge >= 0.3 is 0 Å². The van der Waals surface area contributed by atoms with Crippen molar-refractivity contribution in [3.8, 4) is 11.3 Å². The Morgan fingerprint density at radius 2 is 2.00 bits per heavy atom. The lowest BCUT2D eigenvalue weighted by molar-refractivity contribution is 0.102. The molecule has 2 aromatic heterocycles. The predicted octanol–water partition coefficient (Wildman–Crippen LogP) is 3.86. The van der Waals surface area contributed by atoms with E-state index in [0.29, 0.717) is 21.7 Å². The summed E-state index contributed by atoms with van der Waals surface area (Å²) in [4.78, 5) is 25.8. The van der Waals surface area contributed by atoms with E-state index in [4.69, 9.17) is 11.6 Å². The van der Waals surface area contributed by atoms with E-state index in [1.807, 2.05) is 31.2 Å². The fraction of sp³-hybridized carbons (Fsp3) is 0.125. The molecule has 0 unspecified atom stereocenters. The van der Waals surface area contributed by atoms with Gasteiger partial charge in [0.15, 0.2) is 5.13 Å². The first kappa shape index (κ1) is 16.4. The lowest BCUT2D eigenvalue weighted by Crippen LogP contribution is -2.13. The zero-order valence-electron chi connectivity index (χ0n) is 13.0. The summed E-state index contributed by atoms with van der Waals surface area (Å²) in [6, 6.07) is 7.46. The summed E-state index contributed by atoms with van der Waals surface area (Å²) in [5, 5.41) is 6.74. The summed E-state index contributed by atoms with van der Waals surface area (Å²) < 4.78 is 0. The summed E-state index contributed by atoms with van der Waals surface area (Å²) in [6.07, 6.45) is 2.93. The number of hydrogen-bond donors (Lipinski definition) is 2. The Morgan fingerprint density at radius 1 is 1.25 bits per heavy atom. The summed E-state index contributed by atoms with van der Waals surface area (Å²) >= 11 is 7.44. The van der Waals surface area contributed by atoms with Crippen LogP contribution in [0.3, 0.4) is 0 Å². The minimum atomic E-state index is -0.302. The van der Waals surface area contributed by atoms with Crippen molar-refractivity contribution in [1.82, 2.24) is 15.0 Å². The zero-order valence-corrected chi connectivity index (χ0v) is 14.6. The molecule has 2 heterocycles. The van der Waals surface area contributed by atoms with Crippen LogP contribution >= 0.6 is 22.9 Å². The van der Waals surface area contributed by atoms with Gasteiger partial charge in [0.25, 0.3) is 5.91 Å². The maximum atomic E-state index is 12.3. The van der Waals surface area contributed by atoms with Crippen molar-refractivity contribution in [3.05, 3.63) is 52.1 Å². The first-order valence-corrected chi connectivity index (χ1v) is 8.31. The minimum Gasteiger partial charge on any atom is -0.357 e. The van der Waals surface area contributed by atoms with Crippen LogP contribution in [0.4, 0.5) is 11.1 Å². The van der Waals surface area contributed by atoms with Crippen LogP contribution < -0.4 is 10.6 Å². The maximum Gasteiger partial charge on any atom is 0.260 e. The number of rotatable bonds is 4. The molecule has 3 aromatic rings. The van der Waals surface area contributed by atoms with E-state index >= 15 is 0 Å². The molecule has 1 amide bonds. The normalized spacial score (nSPS) is 10.5. The molecule has 0 saturated heterocycles. The molecule has 0 spiro atoms. The van der Waals surface area contributed by atoms with Gasteiger partial charge in [-0.3, -0.25) is 10.1 Å². The van der Waals surface area contributed by atoms with E-state index in [1.54, 1.807) is 7.05 Å². The molecule has 0 saturated carbocycles. The molecule has 0 atom stereocenters. The molecule has 0 fully saturated rings.